The van der Waals surface area contributed by atoms with Crippen LogP contribution in [0.4, 0.5) is 0 Å². The van der Waals surface area contributed by atoms with Crippen LogP contribution in [0.5, 0.6) is 0 Å². The predicted molar refractivity (Wildman–Crippen MR) is 82.9 cm³/mol. The average Bonchev–Trinajstić information content (AvgIpc) is 2.51. The van der Waals surface area contributed by atoms with Crippen molar-refractivity contribution in [2.75, 3.05) is 19.6 Å². The van der Waals surface area contributed by atoms with Gasteiger partial charge in [0, 0.05) is 25.2 Å². The number of benzene rings is 1. The van der Waals surface area contributed by atoms with Crippen molar-refractivity contribution in [1.82, 2.24) is 10.2 Å². The number of carbonyl (C=O) groups excluding carboxylic acids is 1. The van der Waals surface area contributed by atoms with Crippen molar-refractivity contribution in [3.63, 3.8) is 0 Å². The molecule has 1 aromatic carbocycles. The van der Waals surface area contributed by atoms with Crippen molar-refractivity contribution in [1.29, 1.82) is 0 Å². The first-order valence-electron chi connectivity index (χ1n) is 7.77. The molecular formula is C17H26N2O. The molecule has 0 aromatic heterocycles. The molecule has 1 N–H and O–H groups in total. The molecule has 3 heteroatoms. The van der Waals surface area contributed by atoms with Crippen LogP contribution in [0.25, 0.3) is 0 Å². The van der Waals surface area contributed by atoms with Gasteiger partial charge in [0.05, 0.1) is 0 Å². The van der Waals surface area contributed by atoms with E-state index in [1.807, 2.05) is 11.0 Å². The van der Waals surface area contributed by atoms with E-state index in [0.717, 1.165) is 44.6 Å². The second-order valence-electron chi connectivity index (χ2n) is 5.77. The summed E-state index contributed by atoms with van der Waals surface area (Å²) in [6.45, 7) is 9.98. The van der Waals surface area contributed by atoms with Gasteiger partial charge in [-0.2, -0.15) is 0 Å². The second-order valence-corrected chi connectivity index (χ2v) is 5.77. The maximum absolute atomic E-state index is 12.6. The number of hydrogen-bond donors (Lipinski definition) is 1. The Morgan fingerprint density at radius 3 is 2.85 bits per heavy atom. The molecule has 1 amide bonds. The number of carbonyl (C=O) groups is 1. The number of amides is 1. The van der Waals surface area contributed by atoms with E-state index in [0.29, 0.717) is 5.92 Å². The van der Waals surface area contributed by atoms with Crippen LogP contribution in [0.2, 0.25) is 0 Å². The number of rotatable bonds is 5. The molecule has 1 aliphatic rings. The lowest BCUT2D eigenvalue weighted by atomic mass is 9.98. The van der Waals surface area contributed by atoms with Crippen molar-refractivity contribution in [3.8, 4) is 0 Å². The summed E-state index contributed by atoms with van der Waals surface area (Å²) < 4.78 is 0. The maximum atomic E-state index is 12.6. The smallest absolute Gasteiger partial charge is 0.253 e. The van der Waals surface area contributed by atoms with Gasteiger partial charge in [0.25, 0.3) is 5.91 Å². The minimum absolute atomic E-state index is 0.168. The van der Waals surface area contributed by atoms with Crippen molar-refractivity contribution >= 4 is 5.91 Å². The highest BCUT2D eigenvalue weighted by molar-refractivity contribution is 5.94. The Bertz CT molecular complexity index is 470. The summed E-state index contributed by atoms with van der Waals surface area (Å²) in [5.41, 5.74) is 3.49. The SMILES string of the molecule is CCC(C)CN(CC)C(=O)c1ccc2c(c1)CNCC2. The Labute approximate surface area is 122 Å². The van der Waals surface area contributed by atoms with Crippen molar-refractivity contribution < 1.29 is 4.79 Å². The monoisotopic (exact) mass is 274 g/mol. The lowest BCUT2D eigenvalue weighted by Gasteiger charge is -2.25. The van der Waals surface area contributed by atoms with Gasteiger partial charge in [-0.05, 0) is 49.1 Å². The summed E-state index contributed by atoms with van der Waals surface area (Å²) in [6, 6.07) is 6.19. The Morgan fingerprint density at radius 1 is 1.35 bits per heavy atom. The van der Waals surface area contributed by atoms with Crippen LogP contribution in [-0.2, 0) is 13.0 Å². The molecule has 0 radical (unpaired) electrons. The zero-order valence-corrected chi connectivity index (χ0v) is 12.9. The summed E-state index contributed by atoms with van der Waals surface area (Å²) in [5.74, 6) is 0.722. The normalized spacial score (nSPS) is 15.6. The lowest BCUT2D eigenvalue weighted by Crippen LogP contribution is -2.34. The van der Waals surface area contributed by atoms with E-state index in [1.165, 1.54) is 11.1 Å². The van der Waals surface area contributed by atoms with Gasteiger partial charge in [0.1, 0.15) is 0 Å². The minimum atomic E-state index is 0.168. The van der Waals surface area contributed by atoms with Gasteiger partial charge >= 0.3 is 0 Å². The molecule has 0 bridgehead atoms. The molecule has 20 heavy (non-hydrogen) atoms. The van der Waals surface area contributed by atoms with Gasteiger partial charge in [-0.25, -0.2) is 0 Å². The third-order valence-corrected chi connectivity index (χ3v) is 4.24. The molecule has 1 heterocycles. The molecule has 1 atom stereocenters. The minimum Gasteiger partial charge on any atom is -0.339 e. The lowest BCUT2D eigenvalue weighted by molar-refractivity contribution is 0.0740. The summed E-state index contributed by atoms with van der Waals surface area (Å²) in [7, 11) is 0. The topological polar surface area (TPSA) is 32.3 Å². The van der Waals surface area contributed by atoms with Gasteiger partial charge < -0.3 is 10.2 Å². The van der Waals surface area contributed by atoms with E-state index in [-0.39, 0.29) is 5.91 Å². The molecule has 3 nitrogen and oxygen atoms in total. The first kappa shape index (κ1) is 15.0. The van der Waals surface area contributed by atoms with Gasteiger partial charge in [0.15, 0.2) is 0 Å². The molecule has 0 spiro atoms. The van der Waals surface area contributed by atoms with Crippen LogP contribution in [0, 0.1) is 5.92 Å². The predicted octanol–water partition coefficient (Wildman–Crippen LogP) is 2.84. The summed E-state index contributed by atoms with van der Waals surface area (Å²) in [5, 5.41) is 3.37. The molecule has 0 saturated heterocycles. The zero-order chi connectivity index (χ0) is 14.5. The molecule has 2 rings (SSSR count). The van der Waals surface area contributed by atoms with Crippen molar-refractivity contribution in [2.45, 2.75) is 40.2 Å². The van der Waals surface area contributed by atoms with Crippen molar-refractivity contribution in [3.05, 3.63) is 34.9 Å². The number of hydrogen-bond acceptors (Lipinski definition) is 2. The quantitative estimate of drug-likeness (QED) is 0.895. The Morgan fingerprint density at radius 2 is 2.15 bits per heavy atom. The second kappa shape index (κ2) is 6.89. The van der Waals surface area contributed by atoms with Gasteiger partial charge in [-0.3, -0.25) is 4.79 Å². The van der Waals surface area contributed by atoms with Gasteiger partial charge in [0.2, 0.25) is 0 Å². The van der Waals surface area contributed by atoms with E-state index in [4.69, 9.17) is 0 Å². The van der Waals surface area contributed by atoms with E-state index in [1.54, 1.807) is 0 Å². The fourth-order valence-electron chi connectivity index (χ4n) is 2.66. The average molecular weight is 274 g/mol. The fraction of sp³-hybridized carbons (Fsp3) is 0.588. The van der Waals surface area contributed by atoms with E-state index in [2.05, 4.69) is 38.2 Å². The summed E-state index contributed by atoms with van der Waals surface area (Å²) in [6.07, 6.45) is 2.17. The molecular weight excluding hydrogens is 248 g/mol. The number of fused-ring (bicyclic) bond motifs is 1. The summed E-state index contributed by atoms with van der Waals surface area (Å²) >= 11 is 0. The Hall–Kier alpha value is -1.35. The van der Waals surface area contributed by atoms with Crippen LogP contribution >= 0.6 is 0 Å². The highest BCUT2D eigenvalue weighted by Crippen LogP contribution is 2.18. The van der Waals surface area contributed by atoms with E-state index in [9.17, 15) is 4.79 Å². The first-order valence-corrected chi connectivity index (χ1v) is 7.77. The third-order valence-electron chi connectivity index (χ3n) is 4.24. The number of nitrogens with zero attached hydrogens (tertiary/aromatic N) is 1. The highest BCUT2D eigenvalue weighted by atomic mass is 16.2. The largest absolute Gasteiger partial charge is 0.339 e. The molecule has 0 fully saturated rings. The van der Waals surface area contributed by atoms with Crippen LogP contribution in [0.3, 0.4) is 0 Å². The van der Waals surface area contributed by atoms with Crippen LogP contribution in [0.15, 0.2) is 18.2 Å². The molecule has 1 aromatic rings. The standard InChI is InChI=1S/C17H26N2O/c1-4-13(3)12-19(5-2)17(20)15-7-6-14-8-9-18-11-16(14)10-15/h6-7,10,13,18H,4-5,8-9,11-12H2,1-3H3. The Kier molecular flexibility index (Phi) is 5.18. The first-order chi connectivity index (χ1) is 9.65. The maximum Gasteiger partial charge on any atom is 0.253 e. The van der Waals surface area contributed by atoms with Gasteiger partial charge in [-0.15, -0.1) is 0 Å². The van der Waals surface area contributed by atoms with E-state index < -0.39 is 0 Å². The van der Waals surface area contributed by atoms with Crippen LogP contribution < -0.4 is 5.32 Å². The summed E-state index contributed by atoms with van der Waals surface area (Å²) in [4.78, 5) is 14.6. The fourth-order valence-corrected chi connectivity index (χ4v) is 2.66. The van der Waals surface area contributed by atoms with Crippen molar-refractivity contribution in [2.24, 2.45) is 5.92 Å². The van der Waals surface area contributed by atoms with Crippen LogP contribution in [-0.4, -0.2) is 30.4 Å². The van der Waals surface area contributed by atoms with E-state index >= 15 is 0 Å². The van der Waals surface area contributed by atoms with Gasteiger partial charge in [-0.1, -0.05) is 26.3 Å². The Balaban J connectivity index is 2.14. The molecule has 1 unspecified atom stereocenters. The zero-order valence-electron chi connectivity index (χ0n) is 12.9. The molecule has 0 saturated carbocycles. The van der Waals surface area contributed by atoms with Crippen LogP contribution in [0.1, 0.15) is 48.7 Å². The molecule has 110 valence electrons. The highest BCUT2D eigenvalue weighted by Gasteiger charge is 2.18. The number of nitrogens with one attached hydrogen (secondary N) is 1. The third kappa shape index (κ3) is 3.40. The molecule has 1 aliphatic heterocycles. The molecule has 0 aliphatic carbocycles.